The van der Waals surface area contributed by atoms with E-state index in [9.17, 15) is 4.79 Å². The number of fused-ring (bicyclic) bond motifs is 1. The van der Waals surface area contributed by atoms with E-state index in [1.165, 1.54) is 11.1 Å². The predicted octanol–water partition coefficient (Wildman–Crippen LogP) is 3.57. The van der Waals surface area contributed by atoms with Gasteiger partial charge in [0.25, 0.3) is 0 Å². The molecule has 1 aliphatic heterocycles. The van der Waals surface area contributed by atoms with Crippen LogP contribution < -0.4 is 5.32 Å². The Morgan fingerprint density at radius 1 is 1.24 bits per heavy atom. The van der Waals surface area contributed by atoms with Crippen LogP contribution >= 0.6 is 0 Å². The van der Waals surface area contributed by atoms with Crippen LogP contribution in [0.1, 0.15) is 44.7 Å². The van der Waals surface area contributed by atoms with Crippen molar-refractivity contribution in [2.75, 3.05) is 5.32 Å². The van der Waals surface area contributed by atoms with E-state index in [0.717, 1.165) is 5.69 Å². The van der Waals surface area contributed by atoms with Crippen molar-refractivity contribution in [3.63, 3.8) is 0 Å². The molecular weight excluding hydrogens is 212 g/mol. The summed E-state index contributed by atoms with van der Waals surface area (Å²) in [5.74, 6) is 0.519. The topological polar surface area (TPSA) is 32.3 Å². The molecule has 3 heteroatoms. The van der Waals surface area contributed by atoms with Crippen molar-refractivity contribution in [2.24, 2.45) is 0 Å². The number of urea groups is 1. The molecule has 1 heterocycles. The van der Waals surface area contributed by atoms with Gasteiger partial charge in [-0.1, -0.05) is 26.0 Å². The molecule has 2 rings (SSSR count). The van der Waals surface area contributed by atoms with E-state index in [0.29, 0.717) is 12.5 Å². The molecule has 1 aromatic carbocycles. The Bertz CT molecular complexity index is 438. The number of nitrogens with zero attached hydrogens (tertiary/aromatic N) is 1. The second-order valence-electron chi connectivity index (χ2n) is 5.22. The maximum absolute atomic E-state index is 11.8. The third kappa shape index (κ3) is 2.28. The summed E-state index contributed by atoms with van der Waals surface area (Å²) in [5, 5.41) is 2.94. The van der Waals surface area contributed by atoms with Crippen LogP contribution in [0.5, 0.6) is 0 Å². The molecule has 0 aliphatic carbocycles. The number of benzene rings is 1. The molecular formula is C14H20N2O. The first-order chi connectivity index (χ1) is 7.99. The molecule has 3 nitrogen and oxygen atoms in total. The molecule has 1 aliphatic rings. The quantitative estimate of drug-likeness (QED) is 0.830. The lowest BCUT2D eigenvalue weighted by molar-refractivity contribution is 0.191. The van der Waals surface area contributed by atoms with Crippen molar-refractivity contribution >= 4 is 11.7 Å². The molecule has 17 heavy (non-hydrogen) atoms. The van der Waals surface area contributed by atoms with E-state index in [4.69, 9.17) is 0 Å². The van der Waals surface area contributed by atoms with Gasteiger partial charge in [0, 0.05) is 18.3 Å². The largest absolute Gasteiger partial charge is 0.322 e. The van der Waals surface area contributed by atoms with Gasteiger partial charge in [-0.2, -0.15) is 0 Å². The summed E-state index contributed by atoms with van der Waals surface area (Å²) in [7, 11) is 0. The Hall–Kier alpha value is -1.51. The van der Waals surface area contributed by atoms with Gasteiger partial charge in [0.2, 0.25) is 0 Å². The second kappa shape index (κ2) is 4.40. The molecule has 0 bridgehead atoms. The van der Waals surface area contributed by atoms with Gasteiger partial charge in [0.15, 0.2) is 0 Å². The van der Waals surface area contributed by atoms with Gasteiger partial charge in [0.1, 0.15) is 0 Å². The summed E-state index contributed by atoms with van der Waals surface area (Å²) in [6.45, 7) is 9.15. The lowest BCUT2D eigenvalue weighted by atomic mass is 9.98. The zero-order valence-electron chi connectivity index (χ0n) is 10.9. The van der Waals surface area contributed by atoms with Gasteiger partial charge in [-0.15, -0.1) is 0 Å². The third-order valence-electron chi connectivity index (χ3n) is 3.26. The van der Waals surface area contributed by atoms with Crippen LogP contribution in [0.3, 0.4) is 0 Å². The van der Waals surface area contributed by atoms with Crippen LogP contribution in [0.4, 0.5) is 10.5 Å². The SMILES string of the molecule is CC(C)c1ccc2c(c1)CN(C(C)C)C(=O)N2. The molecule has 0 aromatic heterocycles. The van der Waals surface area contributed by atoms with Crippen molar-refractivity contribution in [3.05, 3.63) is 29.3 Å². The van der Waals surface area contributed by atoms with Crippen molar-refractivity contribution in [2.45, 2.75) is 46.2 Å². The maximum atomic E-state index is 11.8. The fourth-order valence-electron chi connectivity index (χ4n) is 2.08. The standard InChI is InChI=1S/C14H20N2O/c1-9(2)11-5-6-13-12(7-11)8-16(10(3)4)14(17)15-13/h5-7,9-10H,8H2,1-4H3,(H,15,17). The molecule has 0 saturated heterocycles. The van der Waals surface area contributed by atoms with E-state index in [1.54, 1.807) is 0 Å². The summed E-state index contributed by atoms with van der Waals surface area (Å²) in [6, 6.07) is 6.54. The highest BCUT2D eigenvalue weighted by Crippen LogP contribution is 2.27. The highest BCUT2D eigenvalue weighted by atomic mass is 16.2. The molecule has 1 aromatic rings. The highest BCUT2D eigenvalue weighted by molar-refractivity contribution is 5.92. The van der Waals surface area contributed by atoms with Crippen LogP contribution in [0.25, 0.3) is 0 Å². The average molecular weight is 232 g/mol. The van der Waals surface area contributed by atoms with E-state index in [-0.39, 0.29) is 12.1 Å². The highest BCUT2D eigenvalue weighted by Gasteiger charge is 2.24. The van der Waals surface area contributed by atoms with Crippen molar-refractivity contribution < 1.29 is 4.79 Å². The Morgan fingerprint density at radius 2 is 1.94 bits per heavy atom. The maximum Gasteiger partial charge on any atom is 0.322 e. The molecule has 92 valence electrons. The minimum Gasteiger partial charge on any atom is -0.318 e. The molecule has 0 unspecified atom stereocenters. The zero-order valence-corrected chi connectivity index (χ0v) is 10.9. The first kappa shape index (κ1) is 12.0. The fourth-order valence-corrected chi connectivity index (χ4v) is 2.08. The third-order valence-corrected chi connectivity index (χ3v) is 3.26. The Morgan fingerprint density at radius 3 is 2.53 bits per heavy atom. The van der Waals surface area contributed by atoms with Gasteiger partial charge in [-0.3, -0.25) is 0 Å². The summed E-state index contributed by atoms with van der Waals surface area (Å²) >= 11 is 0. The molecule has 0 spiro atoms. The number of amides is 2. The summed E-state index contributed by atoms with van der Waals surface area (Å²) in [6.07, 6.45) is 0. The van der Waals surface area contributed by atoms with Crippen LogP contribution in [0.15, 0.2) is 18.2 Å². The smallest absolute Gasteiger partial charge is 0.318 e. The van der Waals surface area contributed by atoms with Gasteiger partial charge in [-0.05, 0) is 37.0 Å². The monoisotopic (exact) mass is 232 g/mol. The van der Waals surface area contributed by atoms with Gasteiger partial charge < -0.3 is 10.2 Å². The lowest BCUT2D eigenvalue weighted by Crippen LogP contribution is -2.42. The number of hydrogen-bond donors (Lipinski definition) is 1. The zero-order chi connectivity index (χ0) is 12.6. The lowest BCUT2D eigenvalue weighted by Gasteiger charge is -2.32. The van der Waals surface area contributed by atoms with Crippen molar-refractivity contribution in [3.8, 4) is 0 Å². The van der Waals surface area contributed by atoms with Crippen LogP contribution in [-0.4, -0.2) is 17.0 Å². The van der Waals surface area contributed by atoms with Crippen molar-refractivity contribution in [1.29, 1.82) is 0 Å². The molecule has 0 saturated carbocycles. The Labute approximate surface area is 103 Å². The molecule has 0 atom stereocenters. The minimum absolute atomic E-state index is 0.00444. The normalized spacial score (nSPS) is 15.2. The van der Waals surface area contributed by atoms with Crippen LogP contribution in [-0.2, 0) is 6.54 Å². The fraction of sp³-hybridized carbons (Fsp3) is 0.500. The van der Waals surface area contributed by atoms with E-state index < -0.39 is 0 Å². The number of nitrogens with one attached hydrogen (secondary N) is 1. The molecule has 0 fully saturated rings. The molecule has 0 radical (unpaired) electrons. The van der Waals surface area contributed by atoms with Gasteiger partial charge >= 0.3 is 6.03 Å². The van der Waals surface area contributed by atoms with Crippen molar-refractivity contribution in [1.82, 2.24) is 4.90 Å². The van der Waals surface area contributed by atoms with E-state index >= 15 is 0 Å². The van der Waals surface area contributed by atoms with E-state index in [1.807, 2.05) is 24.8 Å². The predicted molar refractivity (Wildman–Crippen MR) is 70.2 cm³/mol. The van der Waals surface area contributed by atoms with Crippen LogP contribution in [0, 0.1) is 0 Å². The van der Waals surface area contributed by atoms with E-state index in [2.05, 4.69) is 31.3 Å². The van der Waals surface area contributed by atoms with Gasteiger partial charge in [0.05, 0.1) is 0 Å². The number of anilines is 1. The molecule has 2 amide bonds. The first-order valence-corrected chi connectivity index (χ1v) is 6.19. The molecule has 1 N–H and O–H groups in total. The average Bonchev–Trinajstić information content (AvgIpc) is 2.27. The Kier molecular flexibility index (Phi) is 3.09. The number of carbonyl (C=O) groups is 1. The number of carbonyl (C=O) groups excluding carboxylic acids is 1. The van der Waals surface area contributed by atoms with Gasteiger partial charge in [-0.25, -0.2) is 4.79 Å². The first-order valence-electron chi connectivity index (χ1n) is 6.19. The Balaban J connectivity index is 2.33. The minimum atomic E-state index is 0.00444. The number of hydrogen-bond acceptors (Lipinski definition) is 1. The van der Waals surface area contributed by atoms with Crippen LogP contribution in [0.2, 0.25) is 0 Å². The second-order valence-corrected chi connectivity index (χ2v) is 5.22. The summed E-state index contributed by atoms with van der Waals surface area (Å²) in [4.78, 5) is 13.7. The summed E-state index contributed by atoms with van der Waals surface area (Å²) in [5.41, 5.74) is 3.49. The summed E-state index contributed by atoms with van der Waals surface area (Å²) < 4.78 is 0. The number of rotatable bonds is 2.